The van der Waals surface area contributed by atoms with E-state index in [1.165, 1.54) is 58.2 Å². The summed E-state index contributed by atoms with van der Waals surface area (Å²) in [7, 11) is 0. The number of thiophene rings is 1. The minimum atomic E-state index is 0.871. The van der Waals surface area contributed by atoms with Gasteiger partial charge in [0.2, 0.25) is 0 Å². The molecule has 0 saturated heterocycles. The summed E-state index contributed by atoms with van der Waals surface area (Å²) in [4.78, 5) is 2.42. The molecule has 0 aliphatic carbocycles. The van der Waals surface area contributed by atoms with E-state index in [2.05, 4.69) is 181 Å². The molecule has 0 radical (unpaired) electrons. The third-order valence-corrected chi connectivity index (χ3v) is 13.2. The van der Waals surface area contributed by atoms with E-state index in [0.29, 0.717) is 0 Å². The van der Waals surface area contributed by atoms with E-state index >= 15 is 0 Å². The van der Waals surface area contributed by atoms with Crippen molar-refractivity contribution in [2.45, 2.75) is 0 Å². The minimum absolute atomic E-state index is 0.871. The Labute approximate surface area is 336 Å². The van der Waals surface area contributed by atoms with Crippen LogP contribution in [-0.2, 0) is 0 Å². The predicted molar refractivity (Wildman–Crippen MR) is 247 cm³/mol. The van der Waals surface area contributed by atoms with Crippen LogP contribution in [0.4, 0.5) is 17.1 Å². The summed E-state index contributed by atoms with van der Waals surface area (Å²) in [6.07, 6.45) is 0. The number of hydrogen-bond acceptors (Lipinski definition) is 4. The van der Waals surface area contributed by atoms with Gasteiger partial charge in [0.05, 0.1) is 10.4 Å². The van der Waals surface area contributed by atoms with E-state index in [-0.39, 0.29) is 0 Å². The van der Waals surface area contributed by atoms with Crippen LogP contribution in [0.3, 0.4) is 0 Å². The first-order valence-electron chi connectivity index (χ1n) is 19.7. The van der Waals surface area contributed by atoms with Gasteiger partial charge in [-0.15, -0.1) is 11.3 Å². The molecule has 0 spiro atoms. The standard InChI is InChI=1S/C54H31NO2S/c1-2-9-39-33(8-1)16-17-36-30-38(25-27-40(36)39)55(45-13-7-12-42-41-10-4-6-15-50(41)58-54(42)45)37-23-18-32(19-24-37)35-20-26-44-49(31-35)57-48-29-22-34-21-28-47-52(51(34)53(44)48)43-11-3-5-14-46(43)56-47/h1-31H. The second kappa shape index (κ2) is 12.1. The topological polar surface area (TPSA) is 29.5 Å². The molecule has 13 aromatic rings. The molecular formula is C54H31NO2S. The third-order valence-electron chi connectivity index (χ3n) is 12.0. The average molecular weight is 758 g/mol. The van der Waals surface area contributed by atoms with Crippen molar-refractivity contribution < 1.29 is 8.83 Å². The lowest BCUT2D eigenvalue weighted by atomic mass is 9.97. The van der Waals surface area contributed by atoms with E-state index in [1.54, 1.807) is 0 Å². The number of anilines is 3. The maximum Gasteiger partial charge on any atom is 0.136 e. The van der Waals surface area contributed by atoms with Gasteiger partial charge in [0.1, 0.15) is 22.3 Å². The summed E-state index contributed by atoms with van der Waals surface area (Å²) in [5.41, 5.74) is 9.16. The van der Waals surface area contributed by atoms with Crippen LogP contribution in [-0.4, -0.2) is 0 Å². The lowest BCUT2D eigenvalue weighted by molar-refractivity contribution is 0.669. The van der Waals surface area contributed by atoms with Crippen molar-refractivity contribution in [2.75, 3.05) is 4.90 Å². The molecule has 0 bridgehead atoms. The van der Waals surface area contributed by atoms with Gasteiger partial charge in [0.15, 0.2) is 0 Å². The lowest BCUT2D eigenvalue weighted by Crippen LogP contribution is -2.10. The fourth-order valence-electron chi connectivity index (χ4n) is 9.35. The van der Waals surface area contributed by atoms with Crippen molar-refractivity contribution in [2.24, 2.45) is 0 Å². The first kappa shape index (κ1) is 31.8. The Hall–Kier alpha value is -7.40. The first-order valence-corrected chi connectivity index (χ1v) is 20.5. The zero-order chi connectivity index (χ0) is 37.9. The molecule has 0 N–H and O–H groups in total. The molecule has 3 nitrogen and oxygen atoms in total. The van der Waals surface area contributed by atoms with Gasteiger partial charge in [-0.2, -0.15) is 0 Å². The molecule has 3 heterocycles. The summed E-state index contributed by atoms with van der Waals surface area (Å²) < 4.78 is 15.5. The fraction of sp³-hybridized carbons (Fsp3) is 0. The molecule has 0 atom stereocenters. The Morgan fingerprint density at radius 2 is 0.966 bits per heavy atom. The second-order valence-corrected chi connectivity index (χ2v) is 16.3. The lowest BCUT2D eigenvalue weighted by Gasteiger charge is -2.27. The maximum absolute atomic E-state index is 6.63. The number of benzene rings is 10. The van der Waals surface area contributed by atoms with Crippen LogP contribution in [0.15, 0.2) is 197 Å². The van der Waals surface area contributed by atoms with Crippen molar-refractivity contribution in [1.29, 1.82) is 0 Å². The molecule has 0 unspecified atom stereocenters. The number of rotatable bonds is 4. The molecule has 4 heteroatoms. The Morgan fingerprint density at radius 1 is 0.345 bits per heavy atom. The van der Waals surface area contributed by atoms with E-state index in [1.807, 2.05) is 23.5 Å². The highest BCUT2D eigenvalue weighted by atomic mass is 32.1. The Kier molecular flexibility index (Phi) is 6.60. The van der Waals surface area contributed by atoms with E-state index in [9.17, 15) is 0 Å². The fourth-order valence-corrected chi connectivity index (χ4v) is 10.6. The van der Waals surface area contributed by atoms with Gasteiger partial charge in [0.25, 0.3) is 0 Å². The molecule has 3 aromatic heterocycles. The zero-order valence-electron chi connectivity index (χ0n) is 31.1. The SMILES string of the molecule is c1ccc2c(c1)ccc1cc(N(c3ccc(-c4ccc5c(c4)oc4ccc6ccc7oc8ccccc8c7c6c45)cc3)c3cccc4c3sc3ccccc34)ccc12. The molecule has 0 aliphatic heterocycles. The number of nitrogens with zero attached hydrogens (tertiary/aromatic N) is 1. The van der Waals surface area contributed by atoms with Crippen LogP contribution in [0.25, 0.3) is 107 Å². The molecule has 0 saturated carbocycles. The molecule has 0 amide bonds. The van der Waals surface area contributed by atoms with Crippen molar-refractivity contribution in [1.82, 2.24) is 0 Å². The summed E-state index contributed by atoms with van der Waals surface area (Å²) in [5, 5.41) is 14.4. The zero-order valence-corrected chi connectivity index (χ0v) is 31.9. The van der Waals surface area contributed by atoms with Crippen molar-refractivity contribution in [3.63, 3.8) is 0 Å². The molecule has 13 rings (SSSR count). The van der Waals surface area contributed by atoms with Crippen LogP contribution >= 0.6 is 11.3 Å². The molecule has 58 heavy (non-hydrogen) atoms. The highest BCUT2D eigenvalue weighted by Crippen LogP contribution is 2.47. The number of hydrogen-bond donors (Lipinski definition) is 0. The third kappa shape index (κ3) is 4.61. The highest BCUT2D eigenvalue weighted by molar-refractivity contribution is 7.26. The minimum Gasteiger partial charge on any atom is -0.456 e. The van der Waals surface area contributed by atoms with Crippen molar-refractivity contribution >= 4 is 125 Å². The van der Waals surface area contributed by atoms with Crippen LogP contribution in [0.2, 0.25) is 0 Å². The van der Waals surface area contributed by atoms with Crippen molar-refractivity contribution in [3.05, 3.63) is 188 Å². The molecule has 270 valence electrons. The van der Waals surface area contributed by atoms with Gasteiger partial charge in [-0.25, -0.2) is 0 Å². The summed E-state index contributed by atoms with van der Waals surface area (Å²) >= 11 is 1.86. The van der Waals surface area contributed by atoms with Gasteiger partial charge in [-0.3, -0.25) is 0 Å². The Morgan fingerprint density at radius 3 is 1.83 bits per heavy atom. The summed E-state index contributed by atoms with van der Waals surface area (Å²) in [6.45, 7) is 0. The normalized spacial score (nSPS) is 12.1. The molecule has 10 aromatic carbocycles. The van der Waals surface area contributed by atoms with Gasteiger partial charge in [0, 0.05) is 53.8 Å². The smallest absolute Gasteiger partial charge is 0.136 e. The van der Waals surface area contributed by atoms with E-state index in [4.69, 9.17) is 8.83 Å². The van der Waals surface area contributed by atoms with Crippen LogP contribution in [0.1, 0.15) is 0 Å². The Bertz CT molecular complexity index is 3810. The average Bonchev–Trinajstić information content (AvgIpc) is 3.98. The number of para-hydroxylation sites is 1. The quantitative estimate of drug-likeness (QED) is 0.167. The second-order valence-electron chi connectivity index (χ2n) is 15.2. The van der Waals surface area contributed by atoms with Gasteiger partial charge < -0.3 is 13.7 Å². The summed E-state index contributed by atoms with van der Waals surface area (Å²) in [6, 6.07) is 67.8. The van der Waals surface area contributed by atoms with Gasteiger partial charge in [-0.1, -0.05) is 121 Å². The number of fused-ring (bicyclic) bond motifs is 15. The van der Waals surface area contributed by atoms with Gasteiger partial charge in [-0.05, 0) is 105 Å². The van der Waals surface area contributed by atoms with Crippen LogP contribution < -0.4 is 4.90 Å². The van der Waals surface area contributed by atoms with Crippen LogP contribution in [0.5, 0.6) is 0 Å². The summed E-state index contributed by atoms with van der Waals surface area (Å²) in [5.74, 6) is 0. The van der Waals surface area contributed by atoms with E-state index in [0.717, 1.165) is 66.4 Å². The Balaban J connectivity index is 0.958. The number of furan rings is 2. The van der Waals surface area contributed by atoms with E-state index < -0.39 is 0 Å². The molecular weight excluding hydrogens is 727 g/mol. The molecule has 0 fully saturated rings. The molecule has 0 aliphatic rings. The predicted octanol–water partition coefficient (Wildman–Crippen LogP) is 16.4. The van der Waals surface area contributed by atoms with Crippen LogP contribution in [0, 0.1) is 0 Å². The van der Waals surface area contributed by atoms with Gasteiger partial charge >= 0.3 is 0 Å². The first-order chi connectivity index (χ1) is 28.7. The largest absolute Gasteiger partial charge is 0.456 e. The monoisotopic (exact) mass is 757 g/mol. The van der Waals surface area contributed by atoms with Crippen molar-refractivity contribution in [3.8, 4) is 11.1 Å². The highest BCUT2D eigenvalue weighted by Gasteiger charge is 2.20. The maximum atomic E-state index is 6.63.